The van der Waals surface area contributed by atoms with Crippen LogP contribution in [-0.4, -0.2) is 20.9 Å². The molecule has 2 aromatic heterocycles. The lowest BCUT2D eigenvalue weighted by Gasteiger charge is -2.02. The Morgan fingerprint density at radius 3 is 2.65 bits per heavy atom. The summed E-state index contributed by atoms with van der Waals surface area (Å²) in [7, 11) is 0. The molecule has 2 aromatic rings. The second-order valence-electron chi connectivity index (χ2n) is 4.18. The van der Waals surface area contributed by atoms with E-state index in [1.807, 2.05) is 32.9 Å². The fourth-order valence-electron chi connectivity index (χ4n) is 1.56. The molecular formula is C12H14N2O2S. The number of hydrogen-bond acceptors (Lipinski definition) is 3. The monoisotopic (exact) mass is 250 g/mol. The van der Waals surface area contributed by atoms with Crippen LogP contribution in [0.1, 0.15) is 35.1 Å². The van der Waals surface area contributed by atoms with E-state index < -0.39 is 5.97 Å². The van der Waals surface area contributed by atoms with Crippen LogP contribution in [0, 0.1) is 6.92 Å². The Balaban J connectivity index is 2.55. The van der Waals surface area contributed by atoms with Crippen LogP contribution in [0.2, 0.25) is 0 Å². The van der Waals surface area contributed by atoms with Gasteiger partial charge in [-0.25, -0.2) is 4.79 Å². The molecule has 0 bridgehead atoms. The van der Waals surface area contributed by atoms with Gasteiger partial charge in [-0.15, -0.1) is 11.3 Å². The molecular weight excluding hydrogens is 236 g/mol. The summed E-state index contributed by atoms with van der Waals surface area (Å²) >= 11 is 1.56. The van der Waals surface area contributed by atoms with Crippen LogP contribution in [0.4, 0.5) is 0 Å². The van der Waals surface area contributed by atoms with E-state index in [0.717, 1.165) is 9.75 Å². The lowest BCUT2D eigenvalue weighted by molar-refractivity contribution is 0.0697. The minimum absolute atomic E-state index is 0.155. The molecule has 0 unspecified atom stereocenters. The van der Waals surface area contributed by atoms with Gasteiger partial charge in [-0.05, 0) is 32.9 Å². The molecule has 0 radical (unpaired) electrons. The number of carbonyl (C=O) groups is 1. The molecule has 0 aliphatic rings. The van der Waals surface area contributed by atoms with Gasteiger partial charge >= 0.3 is 5.97 Å². The van der Waals surface area contributed by atoms with Crippen molar-refractivity contribution in [3.05, 3.63) is 28.8 Å². The third kappa shape index (κ3) is 2.24. The van der Waals surface area contributed by atoms with Crippen molar-refractivity contribution in [3.8, 4) is 10.6 Å². The fraction of sp³-hybridized carbons (Fsp3) is 0.333. The van der Waals surface area contributed by atoms with E-state index in [1.165, 1.54) is 0 Å². The van der Waals surface area contributed by atoms with E-state index in [0.29, 0.717) is 5.69 Å². The van der Waals surface area contributed by atoms with Crippen molar-refractivity contribution in [2.24, 2.45) is 0 Å². The Bertz CT molecular complexity index is 555. The van der Waals surface area contributed by atoms with E-state index in [2.05, 4.69) is 5.10 Å². The van der Waals surface area contributed by atoms with Crippen molar-refractivity contribution in [2.45, 2.75) is 26.8 Å². The summed E-state index contributed by atoms with van der Waals surface area (Å²) in [5.41, 5.74) is 0.824. The average Bonchev–Trinajstić information content (AvgIpc) is 2.82. The second kappa shape index (κ2) is 4.33. The maximum Gasteiger partial charge on any atom is 0.339 e. The van der Waals surface area contributed by atoms with Crippen LogP contribution in [0.15, 0.2) is 18.3 Å². The highest BCUT2D eigenvalue weighted by molar-refractivity contribution is 7.15. The van der Waals surface area contributed by atoms with Crippen molar-refractivity contribution in [1.29, 1.82) is 0 Å². The molecule has 2 rings (SSSR count). The number of carboxylic acids is 1. The Kier molecular flexibility index (Phi) is 3.02. The number of nitrogens with zero attached hydrogens (tertiary/aromatic N) is 2. The average molecular weight is 250 g/mol. The number of carboxylic acid groups (broad SMARTS) is 1. The summed E-state index contributed by atoms with van der Waals surface area (Å²) in [5, 5.41) is 13.5. The van der Waals surface area contributed by atoms with Crippen molar-refractivity contribution in [3.63, 3.8) is 0 Å². The van der Waals surface area contributed by atoms with E-state index in [-0.39, 0.29) is 11.6 Å². The molecule has 0 aromatic carbocycles. The Morgan fingerprint density at radius 2 is 2.18 bits per heavy atom. The van der Waals surface area contributed by atoms with Gasteiger partial charge in [-0.2, -0.15) is 5.10 Å². The molecule has 0 spiro atoms. The first kappa shape index (κ1) is 11.9. The molecule has 0 atom stereocenters. The lowest BCUT2D eigenvalue weighted by atomic mass is 10.2. The van der Waals surface area contributed by atoms with Crippen LogP contribution in [0.3, 0.4) is 0 Å². The van der Waals surface area contributed by atoms with Gasteiger partial charge in [0.25, 0.3) is 0 Å². The number of hydrogen-bond donors (Lipinski definition) is 1. The molecule has 0 saturated heterocycles. The van der Waals surface area contributed by atoms with Crippen LogP contribution in [-0.2, 0) is 0 Å². The Morgan fingerprint density at radius 1 is 1.47 bits per heavy atom. The van der Waals surface area contributed by atoms with E-state index in [4.69, 9.17) is 0 Å². The van der Waals surface area contributed by atoms with Gasteiger partial charge in [-0.1, -0.05) is 0 Å². The van der Waals surface area contributed by atoms with E-state index >= 15 is 0 Å². The highest BCUT2D eigenvalue weighted by atomic mass is 32.1. The Labute approximate surface area is 104 Å². The number of aromatic nitrogens is 2. The summed E-state index contributed by atoms with van der Waals surface area (Å²) in [6.45, 7) is 5.94. The minimum Gasteiger partial charge on any atom is -0.478 e. The molecule has 17 heavy (non-hydrogen) atoms. The molecule has 0 saturated carbocycles. The summed E-state index contributed by atoms with van der Waals surface area (Å²) in [4.78, 5) is 13.2. The van der Waals surface area contributed by atoms with Crippen LogP contribution >= 0.6 is 11.3 Å². The maximum atomic E-state index is 11.2. The van der Waals surface area contributed by atoms with Crippen molar-refractivity contribution < 1.29 is 9.90 Å². The molecule has 2 heterocycles. The normalized spacial score (nSPS) is 11.1. The van der Waals surface area contributed by atoms with Crippen molar-refractivity contribution in [1.82, 2.24) is 9.78 Å². The van der Waals surface area contributed by atoms with Gasteiger partial charge in [0.05, 0.1) is 4.88 Å². The first-order valence-corrected chi connectivity index (χ1v) is 6.20. The predicted octanol–water partition coefficient (Wildman–Crippen LogP) is 3.20. The molecule has 0 amide bonds. The van der Waals surface area contributed by atoms with Gasteiger partial charge in [0.15, 0.2) is 0 Å². The zero-order valence-corrected chi connectivity index (χ0v) is 10.8. The smallest absolute Gasteiger partial charge is 0.339 e. The Hall–Kier alpha value is -1.62. The number of aryl methyl sites for hydroxylation is 1. The topological polar surface area (TPSA) is 55.1 Å². The van der Waals surface area contributed by atoms with Crippen LogP contribution < -0.4 is 0 Å². The second-order valence-corrected chi connectivity index (χ2v) is 5.47. The SMILES string of the molecule is Cc1ccc(-c2nn(C(C)C)cc2C(=O)O)s1. The fourth-order valence-corrected chi connectivity index (χ4v) is 2.42. The molecule has 0 aliphatic carbocycles. The summed E-state index contributed by atoms with van der Waals surface area (Å²) in [6, 6.07) is 4.04. The first-order valence-electron chi connectivity index (χ1n) is 5.38. The molecule has 5 heteroatoms. The maximum absolute atomic E-state index is 11.2. The van der Waals surface area contributed by atoms with E-state index in [1.54, 1.807) is 22.2 Å². The zero-order valence-electron chi connectivity index (χ0n) is 9.97. The molecule has 1 N–H and O–H groups in total. The van der Waals surface area contributed by atoms with Crippen LogP contribution in [0.5, 0.6) is 0 Å². The number of thiophene rings is 1. The zero-order chi connectivity index (χ0) is 12.6. The quantitative estimate of drug-likeness (QED) is 0.910. The van der Waals surface area contributed by atoms with Crippen molar-refractivity contribution >= 4 is 17.3 Å². The van der Waals surface area contributed by atoms with Crippen LogP contribution in [0.25, 0.3) is 10.6 Å². The molecule has 90 valence electrons. The summed E-state index contributed by atoms with van der Waals surface area (Å²) in [5.74, 6) is -0.932. The lowest BCUT2D eigenvalue weighted by Crippen LogP contribution is -2.00. The molecule has 0 aliphatic heterocycles. The highest BCUT2D eigenvalue weighted by Crippen LogP contribution is 2.29. The third-order valence-electron chi connectivity index (χ3n) is 2.47. The summed E-state index contributed by atoms with van der Waals surface area (Å²) in [6.07, 6.45) is 1.59. The highest BCUT2D eigenvalue weighted by Gasteiger charge is 2.19. The van der Waals surface area contributed by atoms with Gasteiger partial charge in [-0.3, -0.25) is 4.68 Å². The van der Waals surface area contributed by atoms with Gasteiger partial charge in [0, 0.05) is 17.1 Å². The minimum atomic E-state index is -0.932. The first-order chi connectivity index (χ1) is 7.99. The third-order valence-corrected chi connectivity index (χ3v) is 3.47. The summed E-state index contributed by atoms with van der Waals surface area (Å²) < 4.78 is 1.69. The number of aromatic carboxylic acids is 1. The van der Waals surface area contributed by atoms with Gasteiger partial charge in [0.1, 0.15) is 11.3 Å². The van der Waals surface area contributed by atoms with Crippen molar-refractivity contribution in [2.75, 3.05) is 0 Å². The van der Waals surface area contributed by atoms with Gasteiger partial charge in [0.2, 0.25) is 0 Å². The van der Waals surface area contributed by atoms with Gasteiger partial charge < -0.3 is 5.11 Å². The molecule has 4 nitrogen and oxygen atoms in total. The number of rotatable bonds is 3. The standard InChI is InChI=1S/C12H14N2O2S/c1-7(2)14-6-9(12(15)16)11(13-14)10-5-4-8(3)17-10/h4-7H,1-3H3,(H,15,16). The van der Waals surface area contributed by atoms with E-state index in [9.17, 15) is 9.90 Å². The predicted molar refractivity (Wildman–Crippen MR) is 67.6 cm³/mol. The molecule has 0 fully saturated rings. The largest absolute Gasteiger partial charge is 0.478 e.